The molecule has 0 fully saturated rings. The van der Waals surface area contributed by atoms with Crippen LogP contribution < -0.4 is 0 Å². The Morgan fingerprint density at radius 2 is 2.07 bits per heavy atom. The predicted molar refractivity (Wildman–Crippen MR) is 63.8 cm³/mol. The molecule has 2 heteroatoms. The molecule has 0 bridgehead atoms. The van der Waals surface area contributed by atoms with Crippen LogP contribution in [0, 0.1) is 5.41 Å². The van der Waals surface area contributed by atoms with Crippen molar-refractivity contribution >= 4 is 11.8 Å². The molecule has 0 N–H and O–H groups in total. The first kappa shape index (κ1) is 11.6. The molecular weight excluding hydrogens is 190 g/mol. The van der Waals surface area contributed by atoms with E-state index in [1.165, 1.54) is 10.6 Å². The highest BCUT2D eigenvalue weighted by atomic mass is 32.2. The zero-order valence-electron chi connectivity index (χ0n) is 9.50. The summed E-state index contributed by atoms with van der Waals surface area (Å²) in [5.74, 6) is 1.12. The number of aromatic nitrogens is 1. The normalized spacial score (nSPS) is 11.7. The largest absolute Gasteiger partial charge is 0.250 e. The molecule has 0 saturated heterocycles. The average molecular weight is 209 g/mol. The van der Waals surface area contributed by atoms with E-state index >= 15 is 0 Å². The van der Waals surface area contributed by atoms with Crippen LogP contribution in [0.1, 0.15) is 33.3 Å². The van der Waals surface area contributed by atoms with Crippen molar-refractivity contribution in [2.75, 3.05) is 5.75 Å². The third kappa shape index (κ3) is 3.70. The second kappa shape index (κ2) is 4.83. The monoisotopic (exact) mass is 209 g/mol. The molecule has 1 nitrogen and oxygen atoms in total. The van der Waals surface area contributed by atoms with Crippen molar-refractivity contribution in [3.8, 4) is 0 Å². The van der Waals surface area contributed by atoms with Gasteiger partial charge >= 0.3 is 0 Å². The van der Waals surface area contributed by atoms with Gasteiger partial charge in [0.2, 0.25) is 0 Å². The van der Waals surface area contributed by atoms with Crippen LogP contribution in [0.25, 0.3) is 0 Å². The number of rotatable bonds is 3. The third-order valence-electron chi connectivity index (χ3n) is 1.87. The molecule has 0 unspecified atom stereocenters. The Morgan fingerprint density at radius 3 is 2.64 bits per heavy atom. The van der Waals surface area contributed by atoms with E-state index in [2.05, 4.69) is 38.7 Å². The molecule has 0 aliphatic carbocycles. The smallest absolute Gasteiger partial charge is 0.0991 e. The molecule has 1 heterocycles. The van der Waals surface area contributed by atoms with Gasteiger partial charge < -0.3 is 0 Å². The van der Waals surface area contributed by atoms with E-state index < -0.39 is 0 Å². The van der Waals surface area contributed by atoms with Crippen LogP contribution in [0.3, 0.4) is 0 Å². The van der Waals surface area contributed by atoms with Gasteiger partial charge in [-0.25, -0.2) is 4.98 Å². The summed E-state index contributed by atoms with van der Waals surface area (Å²) in [6.45, 7) is 8.95. The summed E-state index contributed by atoms with van der Waals surface area (Å²) in [6.07, 6.45) is 2.95. The number of nitrogens with zero attached hydrogens (tertiary/aromatic N) is 1. The molecular formula is C12H19NS. The lowest BCUT2D eigenvalue weighted by molar-refractivity contribution is 0.480. The van der Waals surface area contributed by atoms with Crippen molar-refractivity contribution in [2.24, 2.45) is 5.41 Å². The van der Waals surface area contributed by atoms with Gasteiger partial charge in [0.25, 0.3) is 0 Å². The van der Waals surface area contributed by atoms with Gasteiger partial charge in [-0.3, -0.25) is 0 Å². The van der Waals surface area contributed by atoms with Crippen LogP contribution in [0.5, 0.6) is 0 Å². The number of thioether (sulfide) groups is 1. The number of hydrogen-bond acceptors (Lipinski definition) is 2. The van der Waals surface area contributed by atoms with Gasteiger partial charge in [-0.2, -0.15) is 0 Å². The predicted octanol–water partition coefficient (Wildman–Crippen LogP) is 3.78. The maximum atomic E-state index is 4.42. The fraction of sp³-hybridized carbons (Fsp3) is 0.583. The Kier molecular flexibility index (Phi) is 3.99. The molecule has 0 aromatic carbocycles. The Hall–Kier alpha value is -0.500. The van der Waals surface area contributed by atoms with E-state index in [1.807, 2.05) is 24.0 Å². The first-order valence-electron chi connectivity index (χ1n) is 5.09. The van der Waals surface area contributed by atoms with Crippen molar-refractivity contribution in [2.45, 2.75) is 39.1 Å². The molecule has 0 radical (unpaired) electrons. The van der Waals surface area contributed by atoms with E-state index in [9.17, 15) is 0 Å². The highest BCUT2D eigenvalue weighted by molar-refractivity contribution is 7.99. The molecule has 0 aliphatic rings. The number of aryl methyl sites for hydroxylation is 1. The van der Waals surface area contributed by atoms with Gasteiger partial charge in [0, 0.05) is 11.9 Å². The van der Waals surface area contributed by atoms with Gasteiger partial charge in [-0.1, -0.05) is 33.8 Å². The molecule has 0 amide bonds. The summed E-state index contributed by atoms with van der Waals surface area (Å²) in [5.41, 5.74) is 1.73. The molecule has 0 atom stereocenters. The fourth-order valence-corrected chi connectivity index (χ4v) is 2.21. The molecule has 14 heavy (non-hydrogen) atoms. The van der Waals surface area contributed by atoms with Gasteiger partial charge in [0.05, 0.1) is 5.03 Å². The zero-order valence-corrected chi connectivity index (χ0v) is 10.3. The van der Waals surface area contributed by atoms with Crippen LogP contribution in [-0.4, -0.2) is 10.7 Å². The molecule has 1 rings (SSSR count). The van der Waals surface area contributed by atoms with Crippen molar-refractivity contribution in [1.82, 2.24) is 4.98 Å². The summed E-state index contributed by atoms with van der Waals surface area (Å²) < 4.78 is 0. The van der Waals surface area contributed by atoms with E-state index in [4.69, 9.17) is 0 Å². The van der Waals surface area contributed by atoms with Crippen LogP contribution in [0.2, 0.25) is 0 Å². The van der Waals surface area contributed by atoms with E-state index in [0.717, 1.165) is 12.2 Å². The molecule has 0 aliphatic heterocycles. The Morgan fingerprint density at radius 1 is 1.36 bits per heavy atom. The van der Waals surface area contributed by atoms with E-state index in [1.54, 1.807) is 0 Å². The summed E-state index contributed by atoms with van der Waals surface area (Å²) in [5, 5.41) is 1.20. The molecule has 0 saturated carbocycles. The van der Waals surface area contributed by atoms with Crippen LogP contribution in [-0.2, 0) is 6.42 Å². The maximum Gasteiger partial charge on any atom is 0.0991 e. The van der Waals surface area contributed by atoms with E-state index in [-0.39, 0.29) is 0 Å². The second-order valence-corrected chi connectivity index (χ2v) is 5.63. The minimum Gasteiger partial charge on any atom is -0.250 e. The van der Waals surface area contributed by atoms with Gasteiger partial charge in [-0.15, -0.1) is 11.8 Å². The van der Waals surface area contributed by atoms with Crippen LogP contribution >= 0.6 is 11.8 Å². The average Bonchev–Trinajstić information content (AvgIpc) is 2.14. The van der Waals surface area contributed by atoms with Crippen LogP contribution in [0.4, 0.5) is 0 Å². The Labute approximate surface area is 91.3 Å². The lowest BCUT2D eigenvalue weighted by Gasteiger charge is -2.17. The minimum atomic E-state index is 0.368. The van der Waals surface area contributed by atoms with Crippen LogP contribution in [0.15, 0.2) is 23.4 Å². The van der Waals surface area contributed by atoms with Crippen molar-refractivity contribution in [1.29, 1.82) is 0 Å². The molecule has 0 spiro atoms. The Balaban J connectivity index is 2.67. The molecule has 78 valence electrons. The summed E-state index contributed by atoms with van der Waals surface area (Å²) in [6, 6.07) is 4.18. The third-order valence-corrected chi connectivity index (χ3v) is 3.52. The van der Waals surface area contributed by atoms with Gasteiger partial charge in [-0.05, 0) is 23.5 Å². The van der Waals surface area contributed by atoms with Gasteiger partial charge in [0.15, 0.2) is 0 Å². The van der Waals surface area contributed by atoms with Crippen molar-refractivity contribution in [3.63, 3.8) is 0 Å². The van der Waals surface area contributed by atoms with Crippen molar-refractivity contribution in [3.05, 3.63) is 23.9 Å². The molecule has 1 aromatic heterocycles. The highest BCUT2D eigenvalue weighted by Crippen LogP contribution is 2.27. The minimum absolute atomic E-state index is 0.368. The lowest BCUT2D eigenvalue weighted by Crippen LogP contribution is -2.08. The number of pyridine rings is 1. The second-order valence-electron chi connectivity index (χ2n) is 4.67. The summed E-state index contributed by atoms with van der Waals surface area (Å²) >= 11 is 1.87. The summed E-state index contributed by atoms with van der Waals surface area (Å²) in [7, 11) is 0. The Bertz CT molecular complexity index is 289. The first-order chi connectivity index (χ1) is 6.53. The van der Waals surface area contributed by atoms with Gasteiger partial charge in [0.1, 0.15) is 0 Å². The van der Waals surface area contributed by atoms with Crippen molar-refractivity contribution < 1.29 is 0 Å². The first-order valence-corrected chi connectivity index (χ1v) is 6.08. The summed E-state index contributed by atoms with van der Waals surface area (Å²) in [4.78, 5) is 4.42. The van der Waals surface area contributed by atoms with E-state index in [0.29, 0.717) is 5.41 Å². The number of hydrogen-bond donors (Lipinski definition) is 0. The lowest BCUT2D eigenvalue weighted by atomic mass is 10.0. The zero-order chi connectivity index (χ0) is 10.6. The highest BCUT2D eigenvalue weighted by Gasteiger charge is 2.12. The quantitative estimate of drug-likeness (QED) is 0.703. The SMILES string of the molecule is CCc1cccnc1SCC(C)(C)C. The topological polar surface area (TPSA) is 12.9 Å². The maximum absolute atomic E-state index is 4.42. The fourth-order valence-electron chi connectivity index (χ4n) is 1.11. The molecule has 1 aromatic rings. The standard InChI is InChI=1S/C12H19NS/c1-5-10-7-6-8-13-11(10)14-9-12(2,3)4/h6-8H,5,9H2,1-4H3.